The van der Waals surface area contributed by atoms with Crippen molar-refractivity contribution >= 4 is 0 Å². The summed E-state index contributed by atoms with van der Waals surface area (Å²) in [6.45, 7) is 3.20. The van der Waals surface area contributed by atoms with Crippen molar-refractivity contribution < 1.29 is 9.47 Å². The minimum atomic E-state index is 0.303. The molecule has 0 fully saturated rings. The number of aromatic nitrogens is 1. The third-order valence-corrected chi connectivity index (χ3v) is 2.23. The Balaban J connectivity index is 2.57. The molecule has 1 aromatic heterocycles. The molecule has 0 aliphatic carbocycles. The van der Waals surface area contributed by atoms with E-state index in [0.29, 0.717) is 25.1 Å². The normalized spacial score (nSPS) is 12.5. The molecule has 0 saturated heterocycles. The van der Waals surface area contributed by atoms with E-state index in [1.807, 2.05) is 19.2 Å². The molecular weight excluding hydrogens is 192 g/mol. The van der Waals surface area contributed by atoms with Crippen LogP contribution in [0.3, 0.4) is 0 Å². The fraction of sp³-hybridized carbons (Fsp3) is 0.545. The first-order valence-corrected chi connectivity index (χ1v) is 5.03. The van der Waals surface area contributed by atoms with Gasteiger partial charge in [-0.2, -0.15) is 0 Å². The molecule has 0 radical (unpaired) electrons. The summed E-state index contributed by atoms with van der Waals surface area (Å²) in [6.07, 6.45) is 1.76. The van der Waals surface area contributed by atoms with Gasteiger partial charge in [-0.05, 0) is 25.6 Å². The van der Waals surface area contributed by atoms with Gasteiger partial charge in [0.25, 0.3) is 0 Å². The third kappa shape index (κ3) is 3.85. The van der Waals surface area contributed by atoms with Crippen LogP contribution in [0.4, 0.5) is 0 Å². The maximum absolute atomic E-state index is 5.42. The first-order chi connectivity index (χ1) is 7.27. The Hall–Kier alpha value is -1.13. The topological polar surface area (TPSA) is 43.4 Å². The Morgan fingerprint density at radius 2 is 2.27 bits per heavy atom. The molecule has 0 saturated carbocycles. The highest BCUT2D eigenvalue weighted by atomic mass is 16.5. The van der Waals surface area contributed by atoms with Crippen LogP contribution in [-0.2, 0) is 4.74 Å². The fourth-order valence-corrected chi connectivity index (χ4v) is 1.17. The van der Waals surface area contributed by atoms with Gasteiger partial charge in [-0.1, -0.05) is 0 Å². The van der Waals surface area contributed by atoms with Crippen LogP contribution in [0.5, 0.6) is 5.88 Å². The fourth-order valence-electron chi connectivity index (χ4n) is 1.17. The largest absolute Gasteiger partial charge is 0.475 e. The molecule has 0 aliphatic rings. The number of hydrogen-bond acceptors (Lipinski definition) is 4. The van der Waals surface area contributed by atoms with Crippen LogP contribution in [0, 0.1) is 0 Å². The van der Waals surface area contributed by atoms with E-state index in [2.05, 4.69) is 17.2 Å². The van der Waals surface area contributed by atoms with E-state index in [1.165, 1.54) is 5.56 Å². The predicted octanol–water partition coefficient (Wildman–Crippen LogP) is 1.39. The van der Waals surface area contributed by atoms with Crippen LogP contribution >= 0.6 is 0 Å². The van der Waals surface area contributed by atoms with Crippen LogP contribution in [0.25, 0.3) is 0 Å². The van der Waals surface area contributed by atoms with E-state index in [9.17, 15) is 0 Å². The van der Waals surface area contributed by atoms with E-state index >= 15 is 0 Å². The average Bonchev–Trinajstić information content (AvgIpc) is 2.29. The van der Waals surface area contributed by atoms with Gasteiger partial charge in [-0.25, -0.2) is 4.98 Å². The van der Waals surface area contributed by atoms with Crippen molar-refractivity contribution in [3.8, 4) is 5.88 Å². The number of pyridine rings is 1. The van der Waals surface area contributed by atoms with Gasteiger partial charge in [0.15, 0.2) is 0 Å². The molecule has 0 aliphatic heterocycles. The molecule has 0 aromatic carbocycles. The van der Waals surface area contributed by atoms with Crippen molar-refractivity contribution in [2.75, 3.05) is 27.4 Å². The molecule has 0 spiro atoms. The van der Waals surface area contributed by atoms with Crippen LogP contribution in [0.2, 0.25) is 0 Å². The van der Waals surface area contributed by atoms with E-state index in [1.54, 1.807) is 13.3 Å². The Kier molecular flexibility index (Phi) is 5.07. The van der Waals surface area contributed by atoms with Gasteiger partial charge >= 0.3 is 0 Å². The van der Waals surface area contributed by atoms with E-state index < -0.39 is 0 Å². The standard InChI is InChI=1S/C11H18N2O2/c1-9(12-2)10-4-5-13-11(8-10)15-7-6-14-3/h4-5,8-9,12H,6-7H2,1-3H3. The summed E-state index contributed by atoms with van der Waals surface area (Å²) in [6, 6.07) is 4.22. The third-order valence-electron chi connectivity index (χ3n) is 2.23. The second kappa shape index (κ2) is 6.37. The number of rotatable bonds is 6. The minimum absolute atomic E-state index is 0.303. The highest BCUT2D eigenvalue weighted by Gasteiger charge is 2.04. The number of nitrogens with one attached hydrogen (secondary N) is 1. The van der Waals surface area contributed by atoms with Crippen LogP contribution in [0.15, 0.2) is 18.3 Å². The monoisotopic (exact) mass is 210 g/mol. The van der Waals surface area contributed by atoms with Crippen LogP contribution in [-0.4, -0.2) is 32.4 Å². The van der Waals surface area contributed by atoms with Gasteiger partial charge in [0.1, 0.15) is 6.61 Å². The maximum atomic E-state index is 5.42. The molecule has 15 heavy (non-hydrogen) atoms. The molecule has 0 bridgehead atoms. The molecule has 1 N–H and O–H groups in total. The van der Waals surface area contributed by atoms with Gasteiger partial charge in [0.2, 0.25) is 5.88 Å². The van der Waals surface area contributed by atoms with E-state index in [0.717, 1.165) is 0 Å². The molecule has 1 rings (SSSR count). The zero-order valence-electron chi connectivity index (χ0n) is 9.49. The predicted molar refractivity (Wildman–Crippen MR) is 59.1 cm³/mol. The van der Waals surface area contributed by atoms with Gasteiger partial charge in [0, 0.05) is 25.4 Å². The molecule has 1 unspecified atom stereocenters. The highest BCUT2D eigenvalue weighted by molar-refractivity contribution is 5.23. The highest BCUT2D eigenvalue weighted by Crippen LogP contribution is 2.15. The van der Waals surface area contributed by atoms with Crippen molar-refractivity contribution in [1.82, 2.24) is 10.3 Å². The second-order valence-electron chi connectivity index (χ2n) is 3.28. The van der Waals surface area contributed by atoms with Crippen molar-refractivity contribution in [1.29, 1.82) is 0 Å². The quantitative estimate of drug-likeness (QED) is 0.720. The number of methoxy groups -OCH3 is 1. The van der Waals surface area contributed by atoms with Crippen molar-refractivity contribution in [2.45, 2.75) is 13.0 Å². The lowest BCUT2D eigenvalue weighted by molar-refractivity contribution is 0.143. The lowest BCUT2D eigenvalue weighted by Gasteiger charge is -2.11. The summed E-state index contributed by atoms with van der Waals surface area (Å²) < 4.78 is 10.3. The summed E-state index contributed by atoms with van der Waals surface area (Å²) in [4.78, 5) is 4.12. The lowest BCUT2D eigenvalue weighted by atomic mass is 10.1. The summed E-state index contributed by atoms with van der Waals surface area (Å²) in [7, 11) is 3.58. The Morgan fingerprint density at radius 3 is 2.93 bits per heavy atom. The first-order valence-electron chi connectivity index (χ1n) is 5.03. The zero-order valence-corrected chi connectivity index (χ0v) is 9.49. The van der Waals surface area contributed by atoms with E-state index in [-0.39, 0.29) is 0 Å². The van der Waals surface area contributed by atoms with Gasteiger partial charge in [-0.3, -0.25) is 0 Å². The number of hydrogen-bond donors (Lipinski definition) is 1. The molecule has 1 heterocycles. The molecule has 84 valence electrons. The number of nitrogens with zero attached hydrogens (tertiary/aromatic N) is 1. The first kappa shape index (κ1) is 11.9. The van der Waals surface area contributed by atoms with Crippen molar-refractivity contribution in [2.24, 2.45) is 0 Å². The van der Waals surface area contributed by atoms with Crippen molar-refractivity contribution in [3.05, 3.63) is 23.9 Å². The summed E-state index contributed by atoms with van der Waals surface area (Å²) in [5.41, 5.74) is 1.17. The molecule has 4 nitrogen and oxygen atoms in total. The second-order valence-corrected chi connectivity index (χ2v) is 3.28. The Labute approximate surface area is 90.6 Å². The SMILES string of the molecule is CNC(C)c1ccnc(OCCOC)c1. The summed E-state index contributed by atoms with van der Waals surface area (Å²) in [5, 5.41) is 3.17. The van der Waals surface area contributed by atoms with E-state index in [4.69, 9.17) is 9.47 Å². The van der Waals surface area contributed by atoms with Gasteiger partial charge < -0.3 is 14.8 Å². The smallest absolute Gasteiger partial charge is 0.213 e. The lowest BCUT2D eigenvalue weighted by Crippen LogP contribution is -2.13. The molecule has 4 heteroatoms. The van der Waals surface area contributed by atoms with Crippen LogP contribution < -0.4 is 10.1 Å². The minimum Gasteiger partial charge on any atom is -0.475 e. The number of ether oxygens (including phenoxy) is 2. The molecular formula is C11H18N2O2. The van der Waals surface area contributed by atoms with Gasteiger partial charge in [-0.15, -0.1) is 0 Å². The summed E-state index contributed by atoms with van der Waals surface area (Å²) in [5.74, 6) is 0.645. The zero-order chi connectivity index (χ0) is 11.1. The molecule has 1 atom stereocenters. The molecule has 1 aromatic rings. The van der Waals surface area contributed by atoms with Crippen LogP contribution in [0.1, 0.15) is 18.5 Å². The Morgan fingerprint density at radius 1 is 1.47 bits per heavy atom. The Bertz CT molecular complexity index is 292. The van der Waals surface area contributed by atoms with Gasteiger partial charge in [0.05, 0.1) is 6.61 Å². The average molecular weight is 210 g/mol. The summed E-state index contributed by atoms with van der Waals surface area (Å²) >= 11 is 0. The van der Waals surface area contributed by atoms with Crippen molar-refractivity contribution in [3.63, 3.8) is 0 Å². The molecule has 0 amide bonds. The maximum Gasteiger partial charge on any atom is 0.213 e.